The zero-order valence-electron chi connectivity index (χ0n) is 4.44. The minimum atomic E-state index is -4.36. The first-order valence-corrected chi connectivity index (χ1v) is 3.88. The first-order chi connectivity index (χ1) is 4.50. The van der Waals surface area contributed by atoms with E-state index >= 15 is 0 Å². The minimum absolute atomic E-state index is 0.201. The van der Waals surface area contributed by atoms with Crippen molar-refractivity contribution in [3.8, 4) is 0 Å². The average Bonchev–Trinajstić information content (AvgIpc) is 2.11. The first-order valence-electron chi connectivity index (χ1n) is 2.03. The van der Waals surface area contributed by atoms with E-state index in [-0.39, 0.29) is 4.84 Å². The lowest BCUT2D eigenvalue weighted by molar-refractivity contribution is 0.384. The summed E-state index contributed by atoms with van der Waals surface area (Å²) in [5.74, 6) is 0. The van der Waals surface area contributed by atoms with Crippen LogP contribution in [0.3, 0.4) is 0 Å². The Balaban J connectivity index is 3.34. The molecule has 2 N–H and O–H groups in total. The van der Waals surface area contributed by atoms with Gasteiger partial charge >= 0.3 is 15.3 Å². The van der Waals surface area contributed by atoms with Crippen LogP contribution in [0.5, 0.6) is 0 Å². The third kappa shape index (κ3) is 1.40. The van der Waals surface area contributed by atoms with E-state index < -0.39 is 15.3 Å². The molecule has 0 aliphatic heterocycles. The Morgan fingerprint density at radius 3 is 2.50 bits per heavy atom. The standard InChI is InChI=1S/C2H2N2O4S2/c5-10(6,7)2-4-3-1(9)8-2/h(H,3,9)(H,5,6,7). The smallest absolute Gasteiger partial charge is 0.362 e. The molecule has 0 aliphatic rings. The fourth-order valence-corrected chi connectivity index (χ4v) is 0.854. The summed E-state index contributed by atoms with van der Waals surface area (Å²) < 4.78 is 32.9. The first kappa shape index (κ1) is 7.38. The highest BCUT2D eigenvalue weighted by Gasteiger charge is 2.15. The van der Waals surface area contributed by atoms with Crippen molar-refractivity contribution in [3.05, 3.63) is 4.84 Å². The second-order valence-electron chi connectivity index (χ2n) is 1.35. The van der Waals surface area contributed by atoms with Crippen LogP contribution in [0.2, 0.25) is 0 Å². The molecule has 6 nitrogen and oxygen atoms in total. The molecule has 0 saturated carbocycles. The van der Waals surface area contributed by atoms with E-state index in [9.17, 15) is 8.42 Å². The van der Waals surface area contributed by atoms with E-state index in [0.29, 0.717) is 0 Å². The normalized spacial score (nSPS) is 11.7. The number of hydrogen-bond donors (Lipinski definition) is 2. The van der Waals surface area contributed by atoms with Gasteiger partial charge in [0.15, 0.2) is 0 Å². The second-order valence-corrected chi connectivity index (χ2v) is 3.02. The van der Waals surface area contributed by atoms with Crippen LogP contribution in [0.25, 0.3) is 0 Å². The zero-order chi connectivity index (χ0) is 7.78. The largest absolute Gasteiger partial charge is 0.399 e. The lowest BCUT2D eigenvalue weighted by atomic mass is 11.5. The number of nitrogens with one attached hydrogen (secondary N) is 1. The summed E-state index contributed by atoms with van der Waals surface area (Å²) >= 11 is 4.34. The summed E-state index contributed by atoms with van der Waals surface area (Å²) in [6.07, 6.45) is 0. The van der Waals surface area contributed by atoms with Gasteiger partial charge in [-0.2, -0.15) is 8.42 Å². The van der Waals surface area contributed by atoms with Crippen LogP contribution in [-0.4, -0.2) is 23.2 Å². The predicted molar refractivity (Wildman–Crippen MR) is 31.5 cm³/mol. The number of rotatable bonds is 1. The molecule has 0 bridgehead atoms. The number of H-pyrrole nitrogens is 1. The molecule has 1 rings (SSSR count). The van der Waals surface area contributed by atoms with Crippen LogP contribution in [0.1, 0.15) is 0 Å². The second kappa shape index (κ2) is 2.15. The average molecular weight is 182 g/mol. The molecular weight excluding hydrogens is 180 g/mol. The highest BCUT2D eigenvalue weighted by molar-refractivity contribution is 7.85. The lowest BCUT2D eigenvalue weighted by Crippen LogP contribution is -1.97. The van der Waals surface area contributed by atoms with Gasteiger partial charge < -0.3 is 4.42 Å². The van der Waals surface area contributed by atoms with Crippen LogP contribution in [0, 0.1) is 4.84 Å². The Morgan fingerprint density at radius 2 is 2.30 bits per heavy atom. The van der Waals surface area contributed by atoms with Crippen molar-refractivity contribution in [2.75, 3.05) is 0 Å². The molecule has 0 atom stereocenters. The Labute approximate surface area is 60.6 Å². The van der Waals surface area contributed by atoms with Gasteiger partial charge in [-0.25, -0.2) is 5.10 Å². The minimum Gasteiger partial charge on any atom is -0.399 e. The topological polar surface area (TPSA) is 96.2 Å². The molecule has 0 fully saturated rings. The summed E-state index contributed by atoms with van der Waals surface area (Å²) in [6, 6.07) is 0. The maximum absolute atomic E-state index is 10.2. The van der Waals surface area contributed by atoms with Crippen molar-refractivity contribution in [2.24, 2.45) is 0 Å². The van der Waals surface area contributed by atoms with Crippen LogP contribution in [0.15, 0.2) is 9.64 Å². The molecule has 1 aromatic heterocycles. The van der Waals surface area contributed by atoms with E-state index in [1.165, 1.54) is 0 Å². The van der Waals surface area contributed by atoms with Gasteiger partial charge in [-0.15, -0.1) is 5.10 Å². The van der Waals surface area contributed by atoms with Crippen LogP contribution < -0.4 is 0 Å². The maximum Gasteiger partial charge on any atom is 0.362 e. The van der Waals surface area contributed by atoms with Gasteiger partial charge in [-0.3, -0.25) is 4.55 Å². The summed E-state index contributed by atoms with van der Waals surface area (Å²) in [6.45, 7) is 0. The molecule has 0 saturated heterocycles. The van der Waals surface area contributed by atoms with Crippen molar-refractivity contribution in [3.63, 3.8) is 0 Å². The van der Waals surface area contributed by atoms with Gasteiger partial charge in [-0.1, -0.05) is 0 Å². The van der Waals surface area contributed by atoms with Crippen LogP contribution in [-0.2, 0) is 10.1 Å². The number of nitrogens with zero attached hydrogens (tertiary/aromatic N) is 1. The lowest BCUT2D eigenvalue weighted by Gasteiger charge is -1.81. The summed E-state index contributed by atoms with van der Waals surface area (Å²) in [7, 11) is -4.36. The molecule has 8 heteroatoms. The highest BCUT2D eigenvalue weighted by Crippen LogP contribution is 2.01. The predicted octanol–water partition coefficient (Wildman–Crippen LogP) is -0.0211. The molecule has 0 amide bonds. The van der Waals surface area contributed by atoms with Crippen LogP contribution >= 0.6 is 12.2 Å². The molecule has 0 spiro atoms. The number of aromatic nitrogens is 2. The monoisotopic (exact) mass is 182 g/mol. The van der Waals surface area contributed by atoms with E-state index in [4.69, 9.17) is 4.55 Å². The Bertz CT molecular complexity index is 372. The molecule has 1 aromatic rings. The van der Waals surface area contributed by atoms with Crippen molar-refractivity contribution < 1.29 is 17.4 Å². The molecule has 0 aliphatic carbocycles. The van der Waals surface area contributed by atoms with Gasteiger partial charge in [0, 0.05) is 0 Å². The SMILES string of the molecule is O=S(=O)(O)c1n[nH]c(=S)o1. The van der Waals surface area contributed by atoms with Gasteiger partial charge in [0.05, 0.1) is 0 Å². The molecule has 1 heterocycles. The molecule has 0 unspecified atom stereocenters. The molecular formula is C2H2N2O4S2. The summed E-state index contributed by atoms with van der Waals surface area (Å²) in [5.41, 5.74) is 0. The Morgan fingerprint density at radius 1 is 1.70 bits per heavy atom. The fourth-order valence-electron chi connectivity index (χ4n) is 0.327. The van der Waals surface area contributed by atoms with E-state index in [1.807, 2.05) is 5.10 Å². The molecule has 0 aromatic carbocycles. The van der Waals surface area contributed by atoms with Crippen molar-refractivity contribution in [2.45, 2.75) is 5.22 Å². The zero-order valence-corrected chi connectivity index (χ0v) is 6.07. The van der Waals surface area contributed by atoms with Crippen LogP contribution in [0.4, 0.5) is 0 Å². The maximum atomic E-state index is 10.2. The van der Waals surface area contributed by atoms with Gasteiger partial charge in [0.1, 0.15) is 0 Å². The third-order valence-electron chi connectivity index (χ3n) is 0.639. The summed E-state index contributed by atoms with van der Waals surface area (Å²) in [5, 5.41) is 4.27. The molecule has 0 radical (unpaired) electrons. The molecule has 10 heavy (non-hydrogen) atoms. The van der Waals surface area contributed by atoms with Gasteiger partial charge in [-0.05, 0) is 12.2 Å². The van der Waals surface area contributed by atoms with Gasteiger partial charge in [0.2, 0.25) is 0 Å². The van der Waals surface area contributed by atoms with Crippen molar-refractivity contribution in [1.82, 2.24) is 10.2 Å². The van der Waals surface area contributed by atoms with E-state index in [1.54, 1.807) is 0 Å². The van der Waals surface area contributed by atoms with E-state index in [2.05, 4.69) is 21.7 Å². The third-order valence-corrected chi connectivity index (χ3v) is 1.43. The Hall–Kier alpha value is -0.730. The quantitative estimate of drug-likeness (QED) is 0.468. The summed E-state index contributed by atoms with van der Waals surface area (Å²) in [4.78, 5) is -0.201. The number of hydrogen-bond acceptors (Lipinski definition) is 5. The fraction of sp³-hybridized carbons (Fsp3) is 0. The van der Waals surface area contributed by atoms with Crippen molar-refractivity contribution >= 4 is 22.3 Å². The molecule has 56 valence electrons. The Kier molecular flexibility index (Phi) is 1.58. The van der Waals surface area contributed by atoms with Gasteiger partial charge in [0.25, 0.3) is 4.84 Å². The van der Waals surface area contributed by atoms with Crippen molar-refractivity contribution in [1.29, 1.82) is 0 Å². The van der Waals surface area contributed by atoms with E-state index in [0.717, 1.165) is 0 Å². The highest BCUT2D eigenvalue weighted by atomic mass is 32.2. The number of aromatic amines is 1.